The number of hydrogen-bond donors (Lipinski definition) is 2. The van der Waals surface area contributed by atoms with Gasteiger partial charge in [-0.3, -0.25) is 4.79 Å². The number of hydrogen-bond acceptors (Lipinski definition) is 2. The van der Waals surface area contributed by atoms with Gasteiger partial charge in [0.05, 0.1) is 11.1 Å². The van der Waals surface area contributed by atoms with Gasteiger partial charge < -0.3 is 10.6 Å². The summed E-state index contributed by atoms with van der Waals surface area (Å²) in [6.07, 6.45) is 2.02. The Bertz CT molecular complexity index is 414. The van der Waals surface area contributed by atoms with Crippen molar-refractivity contribution in [3.63, 3.8) is 0 Å². The van der Waals surface area contributed by atoms with Crippen molar-refractivity contribution in [3.8, 4) is 0 Å². The number of para-hydroxylation sites is 1. The zero-order valence-corrected chi connectivity index (χ0v) is 12.1. The number of piperidine rings is 1. The van der Waals surface area contributed by atoms with Crippen molar-refractivity contribution >= 4 is 34.2 Å². The van der Waals surface area contributed by atoms with Crippen LogP contribution in [0.3, 0.4) is 0 Å². The van der Waals surface area contributed by atoms with Crippen LogP contribution in [0.2, 0.25) is 0 Å². The third-order valence-corrected chi connectivity index (χ3v) is 4.21. The molecule has 17 heavy (non-hydrogen) atoms. The number of benzene rings is 1. The lowest BCUT2D eigenvalue weighted by molar-refractivity contribution is -0.125. The molecule has 0 spiro atoms. The molecular weight excluding hydrogens is 327 g/mol. The van der Waals surface area contributed by atoms with E-state index in [-0.39, 0.29) is 11.3 Å². The van der Waals surface area contributed by atoms with Crippen molar-refractivity contribution < 1.29 is 4.79 Å². The summed E-state index contributed by atoms with van der Waals surface area (Å²) in [6.45, 7) is 3.82. The van der Waals surface area contributed by atoms with Crippen LogP contribution < -0.4 is 10.6 Å². The van der Waals surface area contributed by atoms with Crippen LogP contribution in [0.5, 0.6) is 0 Å². The van der Waals surface area contributed by atoms with Gasteiger partial charge in [0.2, 0.25) is 5.91 Å². The molecule has 0 radical (unpaired) electrons. The van der Waals surface area contributed by atoms with E-state index < -0.39 is 0 Å². The van der Waals surface area contributed by atoms with Crippen LogP contribution in [-0.4, -0.2) is 19.0 Å². The third-order valence-electron chi connectivity index (χ3n) is 3.27. The molecule has 1 aliphatic heterocycles. The Labute approximate surface area is 116 Å². The molecule has 4 heteroatoms. The van der Waals surface area contributed by atoms with Crippen LogP contribution in [0, 0.1) is 8.99 Å². The Morgan fingerprint density at radius 3 is 2.88 bits per heavy atom. The van der Waals surface area contributed by atoms with Gasteiger partial charge in [0, 0.05) is 10.1 Å². The van der Waals surface area contributed by atoms with Crippen molar-refractivity contribution in [2.45, 2.75) is 19.8 Å². The standard InChI is InChI=1S/C13H17IN2O/c1-13(7-4-8-15-9-13)12(17)16-11-6-3-2-5-10(11)14/h2-3,5-6,15H,4,7-9H2,1H3,(H,16,17). The minimum Gasteiger partial charge on any atom is -0.325 e. The van der Waals surface area contributed by atoms with E-state index in [0.29, 0.717) is 0 Å². The molecule has 1 fully saturated rings. The molecule has 2 rings (SSSR count). The number of rotatable bonds is 2. The van der Waals surface area contributed by atoms with E-state index >= 15 is 0 Å². The highest BCUT2D eigenvalue weighted by Gasteiger charge is 2.34. The van der Waals surface area contributed by atoms with Crippen molar-refractivity contribution in [2.24, 2.45) is 5.41 Å². The minimum atomic E-state index is -0.281. The number of carbonyl (C=O) groups is 1. The Morgan fingerprint density at radius 2 is 2.24 bits per heavy atom. The Kier molecular flexibility index (Phi) is 4.04. The van der Waals surface area contributed by atoms with Gasteiger partial charge in [-0.2, -0.15) is 0 Å². The van der Waals surface area contributed by atoms with Crippen LogP contribution in [0.15, 0.2) is 24.3 Å². The van der Waals surface area contributed by atoms with E-state index in [2.05, 4.69) is 33.2 Å². The first kappa shape index (κ1) is 12.8. The second kappa shape index (κ2) is 5.35. The van der Waals surface area contributed by atoms with Gasteiger partial charge in [-0.05, 0) is 61.0 Å². The average molecular weight is 344 g/mol. The highest BCUT2D eigenvalue weighted by molar-refractivity contribution is 14.1. The van der Waals surface area contributed by atoms with Crippen LogP contribution in [0.1, 0.15) is 19.8 Å². The summed E-state index contributed by atoms with van der Waals surface area (Å²) < 4.78 is 1.07. The highest BCUT2D eigenvalue weighted by atomic mass is 127. The van der Waals surface area contributed by atoms with Gasteiger partial charge in [0.1, 0.15) is 0 Å². The Hall–Kier alpha value is -0.620. The quantitative estimate of drug-likeness (QED) is 0.810. The van der Waals surface area contributed by atoms with Crippen LogP contribution in [0.4, 0.5) is 5.69 Å². The SMILES string of the molecule is CC1(C(=O)Nc2ccccc2I)CCCNC1. The van der Waals surface area contributed by atoms with Crippen molar-refractivity contribution in [2.75, 3.05) is 18.4 Å². The lowest BCUT2D eigenvalue weighted by Crippen LogP contribution is -2.46. The predicted octanol–water partition coefficient (Wildman–Crippen LogP) is 2.62. The van der Waals surface area contributed by atoms with Crippen LogP contribution in [-0.2, 0) is 4.79 Å². The van der Waals surface area contributed by atoms with Gasteiger partial charge in [0.25, 0.3) is 0 Å². The molecular formula is C13H17IN2O. The summed E-state index contributed by atoms with van der Waals surface area (Å²) in [4.78, 5) is 12.3. The molecule has 0 bridgehead atoms. The maximum absolute atomic E-state index is 12.3. The number of amides is 1. The summed E-state index contributed by atoms with van der Waals surface area (Å²) >= 11 is 2.24. The zero-order chi connectivity index (χ0) is 12.3. The zero-order valence-electron chi connectivity index (χ0n) is 9.92. The van der Waals surface area contributed by atoms with E-state index in [0.717, 1.165) is 35.2 Å². The Balaban J connectivity index is 2.08. The molecule has 3 nitrogen and oxygen atoms in total. The first-order valence-electron chi connectivity index (χ1n) is 5.88. The van der Waals surface area contributed by atoms with E-state index in [9.17, 15) is 4.79 Å². The molecule has 1 amide bonds. The molecule has 2 N–H and O–H groups in total. The fourth-order valence-corrected chi connectivity index (χ4v) is 2.61. The monoisotopic (exact) mass is 344 g/mol. The summed E-state index contributed by atoms with van der Waals surface area (Å²) in [5.41, 5.74) is 0.627. The molecule has 0 aliphatic carbocycles. The molecule has 1 atom stereocenters. The van der Waals surface area contributed by atoms with Gasteiger partial charge >= 0.3 is 0 Å². The van der Waals surface area contributed by atoms with Crippen molar-refractivity contribution in [1.82, 2.24) is 5.32 Å². The molecule has 1 heterocycles. The molecule has 0 saturated carbocycles. The molecule has 1 aromatic rings. The topological polar surface area (TPSA) is 41.1 Å². The fraction of sp³-hybridized carbons (Fsp3) is 0.462. The van der Waals surface area contributed by atoms with Crippen LogP contribution in [0.25, 0.3) is 0 Å². The number of halogens is 1. The van der Waals surface area contributed by atoms with Crippen molar-refractivity contribution in [1.29, 1.82) is 0 Å². The smallest absolute Gasteiger partial charge is 0.231 e. The van der Waals surface area contributed by atoms with Gasteiger partial charge in [-0.15, -0.1) is 0 Å². The van der Waals surface area contributed by atoms with Crippen LogP contribution >= 0.6 is 22.6 Å². The summed E-state index contributed by atoms with van der Waals surface area (Å²) in [5.74, 6) is 0.119. The number of nitrogens with one attached hydrogen (secondary N) is 2. The fourth-order valence-electron chi connectivity index (χ4n) is 2.09. The molecule has 1 aliphatic rings. The lowest BCUT2D eigenvalue weighted by Gasteiger charge is -2.32. The van der Waals surface area contributed by atoms with Gasteiger partial charge in [-0.25, -0.2) is 0 Å². The maximum atomic E-state index is 12.3. The second-order valence-corrected chi connectivity index (χ2v) is 5.94. The van der Waals surface area contributed by atoms with E-state index in [1.165, 1.54) is 0 Å². The number of carbonyl (C=O) groups excluding carboxylic acids is 1. The highest BCUT2D eigenvalue weighted by Crippen LogP contribution is 2.28. The normalized spacial score (nSPS) is 24.4. The first-order chi connectivity index (χ1) is 8.12. The first-order valence-corrected chi connectivity index (χ1v) is 6.96. The third kappa shape index (κ3) is 2.98. The maximum Gasteiger partial charge on any atom is 0.231 e. The van der Waals surface area contributed by atoms with Gasteiger partial charge in [0.15, 0.2) is 0 Å². The van der Waals surface area contributed by atoms with Crippen molar-refractivity contribution in [3.05, 3.63) is 27.8 Å². The predicted molar refractivity (Wildman–Crippen MR) is 78.0 cm³/mol. The lowest BCUT2D eigenvalue weighted by atomic mass is 9.82. The second-order valence-electron chi connectivity index (χ2n) is 4.77. The number of anilines is 1. The molecule has 1 aromatic carbocycles. The average Bonchev–Trinajstić information content (AvgIpc) is 2.33. The van der Waals surface area contributed by atoms with E-state index in [1.807, 2.05) is 31.2 Å². The molecule has 0 aromatic heterocycles. The minimum absolute atomic E-state index is 0.119. The molecule has 1 unspecified atom stereocenters. The Morgan fingerprint density at radius 1 is 1.47 bits per heavy atom. The van der Waals surface area contributed by atoms with E-state index in [1.54, 1.807) is 0 Å². The largest absolute Gasteiger partial charge is 0.325 e. The summed E-state index contributed by atoms with van der Waals surface area (Å²) in [5, 5.41) is 6.33. The summed E-state index contributed by atoms with van der Waals surface area (Å²) in [7, 11) is 0. The van der Waals surface area contributed by atoms with E-state index in [4.69, 9.17) is 0 Å². The molecule has 92 valence electrons. The summed E-state index contributed by atoms with van der Waals surface area (Å²) in [6, 6.07) is 7.86. The van der Waals surface area contributed by atoms with Gasteiger partial charge in [-0.1, -0.05) is 12.1 Å². The molecule has 1 saturated heterocycles.